The highest BCUT2D eigenvalue weighted by molar-refractivity contribution is 6.61. The Hall–Kier alpha value is -1.08. The zero-order valence-corrected chi connectivity index (χ0v) is 11.5. The van der Waals surface area contributed by atoms with E-state index in [0.29, 0.717) is 23.4 Å². The minimum atomic E-state index is -1.14. The molecule has 1 atom stereocenters. The molecule has 0 saturated carbocycles. The summed E-state index contributed by atoms with van der Waals surface area (Å²) in [4.78, 5) is 0. The van der Waals surface area contributed by atoms with Gasteiger partial charge in [-0.05, 0) is 18.1 Å². The van der Waals surface area contributed by atoms with Gasteiger partial charge in [-0.25, -0.2) is 0 Å². The molecule has 4 N–H and O–H groups in total. The summed E-state index contributed by atoms with van der Waals surface area (Å²) >= 11 is 0. The van der Waals surface area contributed by atoms with E-state index in [9.17, 15) is 10.1 Å². The Labute approximate surface area is 114 Å². The van der Waals surface area contributed by atoms with E-state index < -0.39 is 13.2 Å². The van der Waals surface area contributed by atoms with Crippen LogP contribution < -0.4 is 15.9 Å². The summed E-state index contributed by atoms with van der Waals surface area (Å²) in [5.41, 5.74) is 6.45. The average Bonchev–Trinajstić information content (AvgIpc) is 2.45. The lowest BCUT2D eigenvalue weighted by Crippen LogP contribution is -2.38. The zero-order chi connectivity index (χ0) is 14.3. The van der Waals surface area contributed by atoms with Crippen molar-refractivity contribution in [3.8, 4) is 5.75 Å². The third kappa shape index (κ3) is 4.21. The predicted molar refractivity (Wildman–Crippen MR) is 75.5 cm³/mol. The molecule has 106 valence electrons. The minimum Gasteiger partial charge on any atom is -0.494 e. The van der Waals surface area contributed by atoms with Crippen molar-refractivity contribution in [1.82, 2.24) is 0 Å². The van der Waals surface area contributed by atoms with Crippen molar-refractivity contribution < 1.29 is 19.5 Å². The van der Waals surface area contributed by atoms with Crippen LogP contribution in [0, 0.1) is 0 Å². The third-order valence-corrected chi connectivity index (χ3v) is 2.91. The van der Waals surface area contributed by atoms with Gasteiger partial charge in [0.2, 0.25) is 0 Å². The van der Waals surface area contributed by atoms with Crippen molar-refractivity contribution in [3.63, 3.8) is 0 Å². The van der Waals surface area contributed by atoms with Crippen LogP contribution in [0.3, 0.4) is 0 Å². The van der Waals surface area contributed by atoms with Crippen molar-refractivity contribution in [2.75, 3.05) is 20.3 Å². The molecule has 1 aromatic rings. The topological polar surface area (TPSA) is 84.9 Å². The van der Waals surface area contributed by atoms with Crippen LogP contribution in [0.2, 0.25) is 0 Å². The van der Waals surface area contributed by atoms with E-state index in [0.717, 1.165) is 12.8 Å². The van der Waals surface area contributed by atoms with Crippen molar-refractivity contribution >= 4 is 12.6 Å². The van der Waals surface area contributed by atoms with E-state index in [1.165, 1.54) is 7.11 Å². The Kier molecular flexibility index (Phi) is 6.87. The number of unbranched alkanes of at least 4 members (excludes halogenated alkanes) is 1. The van der Waals surface area contributed by atoms with Crippen LogP contribution in [0.25, 0.3) is 0 Å². The predicted octanol–water partition coefficient (Wildman–Crippen LogP) is 0.192. The normalized spacial score (nSPS) is 12.3. The molecule has 0 amide bonds. The minimum absolute atomic E-state index is 0.0713. The van der Waals surface area contributed by atoms with Crippen LogP contribution >= 0.6 is 0 Å². The lowest BCUT2D eigenvalue weighted by Gasteiger charge is -2.19. The zero-order valence-electron chi connectivity index (χ0n) is 11.5. The standard InChI is InChI=1S/C13H22BNO4/c1-3-4-8-19-12-7-5-6-10(11(16)9-15)13(12)14(17)18-2/h5-7,11,16-17H,3-4,8-9,15H2,1-2H3. The Morgan fingerprint density at radius 2 is 2.16 bits per heavy atom. The van der Waals surface area contributed by atoms with Crippen molar-refractivity contribution in [2.45, 2.75) is 25.9 Å². The first-order valence-electron chi connectivity index (χ1n) is 6.50. The molecule has 0 aliphatic rings. The number of rotatable bonds is 8. The highest BCUT2D eigenvalue weighted by atomic mass is 16.5. The Bertz CT molecular complexity index is 389. The maximum Gasteiger partial charge on any atom is 0.495 e. The number of benzene rings is 1. The molecule has 0 aliphatic carbocycles. The lowest BCUT2D eigenvalue weighted by atomic mass is 9.74. The van der Waals surface area contributed by atoms with Gasteiger partial charge in [0.15, 0.2) is 0 Å². The summed E-state index contributed by atoms with van der Waals surface area (Å²) in [5, 5.41) is 19.8. The summed E-state index contributed by atoms with van der Waals surface area (Å²) in [5.74, 6) is 0.521. The molecule has 0 fully saturated rings. The molecule has 0 saturated heterocycles. The van der Waals surface area contributed by atoms with Gasteiger partial charge in [0.05, 0.1) is 12.7 Å². The van der Waals surface area contributed by atoms with E-state index in [4.69, 9.17) is 15.1 Å². The van der Waals surface area contributed by atoms with Crippen molar-refractivity contribution in [2.24, 2.45) is 5.73 Å². The van der Waals surface area contributed by atoms with Gasteiger partial charge in [-0.2, -0.15) is 0 Å². The first-order chi connectivity index (χ1) is 9.15. The fourth-order valence-electron chi connectivity index (χ4n) is 1.81. The molecule has 1 rings (SSSR count). The SMILES string of the molecule is CCCCOc1cccc(C(O)CN)c1B(O)OC. The molecule has 0 radical (unpaired) electrons. The highest BCUT2D eigenvalue weighted by Gasteiger charge is 2.26. The fourth-order valence-corrected chi connectivity index (χ4v) is 1.81. The molecular weight excluding hydrogens is 245 g/mol. The van der Waals surface area contributed by atoms with Gasteiger partial charge in [-0.3, -0.25) is 0 Å². The first kappa shape index (κ1) is 16.0. The second-order valence-electron chi connectivity index (χ2n) is 4.30. The van der Waals surface area contributed by atoms with E-state index in [1.54, 1.807) is 18.2 Å². The maximum atomic E-state index is 9.94. The molecule has 5 nitrogen and oxygen atoms in total. The van der Waals surface area contributed by atoms with Crippen LogP contribution in [-0.4, -0.2) is 37.5 Å². The van der Waals surface area contributed by atoms with E-state index in [2.05, 4.69) is 6.92 Å². The smallest absolute Gasteiger partial charge is 0.494 e. The van der Waals surface area contributed by atoms with Gasteiger partial charge in [0, 0.05) is 19.1 Å². The van der Waals surface area contributed by atoms with E-state index >= 15 is 0 Å². The Morgan fingerprint density at radius 1 is 1.42 bits per heavy atom. The highest BCUT2D eigenvalue weighted by Crippen LogP contribution is 2.18. The van der Waals surface area contributed by atoms with Crippen LogP contribution in [-0.2, 0) is 4.65 Å². The van der Waals surface area contributed by atoms with E-state index in [1.807, 2.05) is 0 Å². The number of ether oxygens (including phenoxy) is 1. The van der Waals surface area contributed by atoms with Crippen LogP contribution in [0.5, 0.6) is 5.75 Å². The maximum absolute atomic E-state index is 9.94. The number of nitrogens with two attached hydrogens (primary N) is 1. The summed E-state index contributed by atoms with van der Waals surface area (Å²) in [6.45, 7) is 2.70. The lowest BCUT2D eigenvalue weighted by molar-refractivity contribution is 0.186. The third-order valence-electron chi connectivity index (χ3n) is 2.91. The Balaban J connectivity index is 3.07. The van der Waals surface area contributed by atoms with Gasteiger partial charge in [0.1, 0.15) is 5.75 Å². The van der Waals surface area contributed by atoms with Gasteiger partial charge < -0.3 is 25.3 Å². The van der Waals surface area contributed by atoms with Crippen LogP contribution in [0.1, 0.15) is 31.4 Å². The van der Waals surface area contributed by atoms with Gasteiger partial charge >= 0.3 is 7.12 Å². The molecule has 1 aromatic carbocycles. The number of hydrogen-bond acceptors (Lipinski definition) is 5. The molecule has 6 heteroatoms. The molecule has 0 bridgehead atoms. The molecular formula is C13H22BNO4. The average molecular weight is 267 g/mol. The molecule has 0 aromatic heterocycles. The number of aliphatic hydroxyl groups excluding tert-OH is 1. The quantitative estimate of drug-likeness (QED) is 0.462. The van der Waals surface area contributed by atoms with Crippen molar-refractivity contribution in [1.29, 1.82) is 0 Å². The molecule has 19 heavy (non-hydrogen) atoms. The second-order valence-corrected chi connectivity index (χ2v) is 4.30. The van der Waals surface area contributed by atoms with Crippen LogP contribution in [0.4, 0.5) is 0 Å². The largest absolute Gasteiger partial charge is 0.495 e. The summed E-state index contributed by atoms with van der Waals surface area (Å²) < 4.78 is 10.6. The first-order valence-corrected chi connectivity index (χ1v) is 6.50. The number of hydrogen-bond donors (Lipinski definition) is 3. The second kappa shape index (κ2) is 8.17. The molecule has 0 heterocycles. The van der Waals surface area contributed by atoms with Crippen LogP contribution in [0.15, 0.2) is 18.2 Å². The van der Waals surface area contributed by atoms with E-state index in [-0.39, 0.29) is 6.54 Å². The Morgan fingerprint density at radius 3 is 2.74 bits per heavy atom. The van der Waals surface area contributed by atoms with Gasteiger partial charge in [-0.15, -0.1) is 0 Å². The summed E-state index contributed by atoms with van der Waals surface area (Å²) in [7, 11) is 0.251. The molecule has 0 spiro atoms. The van der Waals surface area contributed by atoms with Crippen molar-refractivity contribution in [3.05, 3.63) is 23.8 Å². The summed E-state index contributed by atoms with van der Waals surface area (Å²) in [6, 6.07) is 5.23. The molecule has 0 aliphatic heterocycles. The monoisotopic (exact) mass is 267 g/mol. The summed E-state index contributed by atoms with van der Waals surface area (Å²) in [6.07, 6.45) is 1.09. The molecule has 1 unspecified atom stereocenters. The fraction of sp³-hybridized carbons (Fsp3) is 0.538. The van der Waals surface area contributed by atoms with Gasteiger partial charge in [0.25, 0.3) is 0 Å². The van der Waals surface area contributed by atoms with Gasteiger partial charge in [-0.1, -0.05) is 25.5 Å². The number of aliphatic hydroxyl groups is 1.